The number of carbonyl (C=O) groups is 2. The highest BCUT2D eigenvalue weighted by Crippen LogP contribution is 2.28. The predicted molar refractivity (Wildman–Crippen MR) is 100 cm³/mol. The highest BCUT2D eigenvalue weighted by Gasteiger charge is 2.21. The zero-order valence-corrected chi connectivity index (χ0v) is 16.0. The maximum Gasteiger partial charge on any atom is 0.268 e. The number of aromatic nitrogens is 1. The van der Waals surface area contributed by atoms with E-state index in [1.54, 1.807) is 7.11 Å². The average Bonchev–Trinajstić information content (AvgIpc) is 2.97. The lowest BCUT2D eigenvalue weighted by Gasteiger charge is -2.11. The van der Waals surface area contributed by atoms with Crippen molar-refractivity contribution in [3.63, 3.8) is 0 Å². The van der Waals surface area contributed by atoms with Gasteiger partial charge in [-0.05, 0) is 50.5 Å². The van der Waals surface area contributed by atoms with Gasteiger partial charge in [0.1, 0.15) is 5.69 Å². The molecule has 140 valence electrons. The third-order valence-corrected chi connectivity index (χ3v) is 4.20. The zero-order valence-electron chi connectivity index (χ0n) is 16.0. The number of ketones is 1. The van der Waals surface area contributed by atoms with Gasteiger partial charge in [0.2, 0.25) is 0 Å². The van der Waals surface area contributed by atoms with Crippen LogP contribution in [-0.2, 0) is 13.0 Å². The Balaban J connectivity index is 2.17. The van der Waals surface area contributed by atoms with E-state index >= 15 is 0 Å². The summed E-state index contributed by atoms with van der Waals surface area (Å²) >= 11 is 0. The second-order valence-electron chi connectivity index (χ2n) is 5.99. The number of ether oxygens (including phenoxy) is 2. The standard InChI is InChI=1S/C20H26N2O4/c1-6-15-18(13(4)23)12(3)22-19(15)20(24)21-11-14-8-9-16(26-7-2)17(10-14)25-5/h8-10,22H,6-7,11H2,1-5H3,(H,21,24). The predicted octanol–water partition coefficient (Wildman–Crippen LogP) is 3.43. The molecule has 1 aromatic heterocycles. The fourth-order valence-corrected chi connectivity index (χ4v) is 3.07. The second-order valence-corrected chi connectivity index (χ2v) is 5.99. The van der Waals surface area contributed by atoms with E-state index in [1.165, 1.54) is 6.92 Å². The van der Waals surface area contributed by atoms with Crippen LogP contribution in [0.5, 0.6) is 11.5 Å². The van der Waals surface area contributed by atoms with E-state index in [4.69, 9.17) is 9.47 Å². The Morgan fingerprint density at radius 3 is 2.50 bits per heavy atom. The molecule has 0 bridgehead atoms. The number of carbonyl (C=O) groups excluding carboxylic acids is 2. The van der Waals surface area contributed by atoms with Crippen molar-refractivity contribution in [3.8, 4) is 11.5 Å². The molecule has 0 unspecified atom stereocenters. The summed E-state index contributed by atoms with van der Waals surface area (Å²) in [6.45, 7) is 8.07. The molecule has 0 spiro atoms. The fraction of sp³-hybridized carbons (Fsp3) is 0.400. The van der Waals surface area contributed by atoms with Gasteiger partial charge in [-0.25, -0.2) is 0 Å². The van der Waals surface area contributed by atoms with Crippen LogP contribution in [0.2, 0.25) is 0 Å². The molecule has 0 aliphatic rings. The summed E-state index contributed by atoms with van der Waals surface area (Å²) in [6, 6.07) is 5.55. The van der Waals surface area contributed by atoms with Gasteiger partial charge in [0, 0.05) is 17.8 Å². The van der Waals surface area contributed by atoms with Crippen LogP contribution >= 0.6 is 0 Å². The maximum absolute atomic E-state index is 12.6. The summed E-state index contributed by atoms with van der Waals surface area (Å²) in [4.78, 5) is 27.5. The van der Waals surface area contributed by atoms with Crippen molar-refractivity contribution >= 4 is 11.7 Å². The molecule has 0 aliphatic carbocycles. The molecule has 0 aliphatic heterocycles. The SMILES string of the molecule is CCOc1ccc(CNC(=O)c2[nH]c(C)c(C(C)=O)c2CC)cc1OC. The largest absolute Gasteiger partial charge is 0.493 e. The van der Waals surface area contributed by atoms with Crippen molar-refractivity contribution in [3.05, 3.63) is 46.3 Å². The molecule has 1 aromatic carbocycles. The number of hydrogen-bond acceptors (Lipinski definition) is 4. The zero-order chi connectivity index (χ0) is 19.3. The Labute approximate surface area is 153 Å². The number of H-pyrrole nitrogens is 1. The normalized spacial score (nSPS) is 10.5. The maximum atomic E-state index is 12.6. The van der Waals surface area contributed by atoms with Gasteiger partial charge < -0.3 is 19.8 Å². The number of benzene rings is 1. The van der Waals surface area contributed by atoms with Gasteiger partial charge in [-0.1, -0.05) is 13.0 Å². The topological polar surface area (TPSA) is 80.4 Å². The Morgan fingerprint density at radius 2 is 1.92 bits per heavy atom. The minimum atomic E-state index is -0.231. The Hall–Kier alpha value is -2.76. The van der Waals surface area contributed by atoms with Crippen LogP contribution in [0, 0.1) is 6.92 Å². The molecule has 2 rings (SSSR count). The van der Waals surface area contributed by atoms with Crippen LogP contribution in [0.3, 0.4) is 0 Å². The third-order valence-electron chi connectivity index (χ3n) is 4.20. The van der Waals surface area contributed by atoms with Gasteiger partial charge in [0.25, 0.3) is 5.91 Å². The summed E-state index contributed by atoms with van der Waals surface area (Å²) < 4.78 is 10.8. The minimum absolute atomic E-state index is 0.0362. The van der Waals surface area contributed by atoms with Crippen LogP contribution in [-0.4, -0.2) is 30.4 Å². The molecule has 2 N–H and O–H groups in total. The number of nitrogens with one attached hydrogen (secondary N) is 2. The Morgan fingerprint density at radius 1 is 1.19 bits per heavy atom. The average molecular weight is 358 g/mol. The van der Waals surface area contributed by atoms with E-state index in [9.17, 15) is 9.59 Å². The number of rotatable bonds is 8. The smallest absolute Gasteiger partial charge is 0.268 e. The summed E-state index contributed by atoms with van der Waals surface area (Å²) in [5.74, 6) is 1.03. The summed E-state index contributed by atoms with van der Waals surface area (Å²) in [7, 11) is 1.58. The van der Waals surface area contributed by atoms with E-state index in [1.807, 2.05) is 39.0 Å². The second kappa shape index (κ2) is 8.56. The van der Waals surface area contributed by atoms with Gasteiger partial charge in [-0.2, -0.15) is 0 Å². The molecule has 1 amide bonds. The fourth-order valence-electron chi connectivity index (χ4n) is 3.07. The van der Waals surface area contributed by atoms with Gasteiger partial charge in [0.05, 0.1) is 13.7 Å². The van der Waals surface area contributed by atoms with Gasteiger partial charge >= 0.3 is 0 Å². The number of hydrogen-bond donors (Lipinski definition) is 2. The van der Waals surface area contributed by atoms with Crippen molar-refractivity contribution < 1.29 is 19.1 Å². The Bertz CT molecular complexity index is 808. The highest BCUT2D eigenvalue weighted by molar-refractivity contribution is 6.02. The highest BCUT2D eigenvalue weighted by atomic mass is 16.5. The first kappa shape index (κ1) is 19.6. The third kappa shape index (κ3) is 4.07. The first-order chi connectivity index (χ1) is 12.4. The molecule has 0 fully saturated rings. The molecule has 0 atom stereocenters. The molecule has 0 saturated heterocycles. The van der Waals surface area contributed by atoms with Crippen LogP contribution in [0.25, 0.3) is 0 Å². The molecule has 26 heavy (non-hydrogen) atoms. The molecule has 6 nitrogen and oxygen atoms in total. The van der Waals surface area contributed by atoms with Crippen molar-refractivity contribution in [2.24, 2.45) is 0 Å². The van der Waals surface area contributed by atoms with Gasteiger partial charge in [-0.3, -0.25) is 9.59 Å². The minimum Gasteiger partial charge on any atom is -0.493 e. The molecule has 6 heteroatoms. The van der Waals surface area contributed by atoms with Gasteiger partial charge in [0.15, 0.2) is 17.3 Å². The lowest BCUT2D eigenvalue weighted by Crippen LogP contribution is -2.24. The van der Waals surface area contributed by atoms with E-state index in [0.29, 0.717) is 42.3 Å². The lowest BCUT2D eigenvalue weighted by atomic mass is 10.0. The molecular weight excluding hydrogens is 332 g/mol. The van der Waals surface area contributed by atoms with Crippen molar-refractivity contribution in [1.29, 1.82) is 0 Å². The van der Waals surface area contributed by atoms with Crippen molar-refractivity contribution in [1.82, 2.24) is 10.3 Å². The van der Waals surface area contributed by atoms with E-state index in [-0.39, 0.29) is 11.7 Å². The molecule has 0 saturated carbocycles. The van der Waals surface area contributed by atoms with E-state index in [0.717, 1.165) is 16.8 Å². The molecule has 2 aromatic rings. The first-order valence-electron chi connectivity index (χ1n) is 8.73. The quantitative estimate of drug-likeness (QED) is 0.709. The number of methoxy groups -OCH3 is 1. The van der Waals surface area contributed by atoms with Crippen molar-refractivity contribution in [2.75, 3.05) is 13.7 Å². The number of aryl methyl sites for hydroxylation is 1. The molecule has 0 radical (unpaired) electrons. The number of Topliss-reactive ketones (excluding diaryl/α,β-unsaturated/α-hetero) is 1. The van der Waals surface area contributed by atoms with Crippen LogP contribution in [0.15, 0.2) is 18.2 Å². The summed E-state index contributed by atoms with van der Waals surface area (Å²) in [6.07, 6.45) is 0.610. The van der Waals surface area contributed by atoms with Gasteiger partial charge in [-0.15, -0.1) is 0 Å². The number of aromatic amines is 1. The van der Waals surface area contributed by atoms with Crippen molar-refractivity contribution in [2.45, 2.75) is 40.7 Å². The van der Waals surface area contributed by atoms with Crippen LogP contribution in [0.4, 0.5) is 0 Å². The first-order valence-corrected chi connectivity index (χ1v) is 8.73. The molecule has 1 heterocycles. The summed E-state index contributed by atoms with van der Waals surface area (Å²) in [5.41, 5.74) is 3.44. The van der Waals surface area contributed by atoms with Crippen LogP contribution in [0.1, 0.15) is 58.4 Å². The summed E-state index contributed by atoms with van der Waals surface area (Å²) in [5, 5.41) is 2.89. The van der Waals surface area contributed by atoms with E-state index in [2.05, 4.69) is 10.3 Å². The van der Waals surface area contributed by atoms with Crippen LogP contribution < -0.4 is 14.8 Å². The molecular formula is C20H26N2O4. The monoisotopic (exact) mass is 358 g/mol. The Kier molecular flexibility index (Phi) is 6.44. The lowest BCUT2D eigenvalue weighted by molar-refractivity contribution is 0.0945. The van der Waals surface area contributed by atoms with E-state index < -0.39 is 0 Å². The number of amides is 1.